The molecule has 21 heavy (non-hydrogen) atoms. The minimum absolute atomic E-state index is 0.0641. The molecule has 0 amide bonds. The molecule has 0 saturated carbocycles. The third-order valence-electron chi connectivity index (χ3n) is 2.58. The van der Waals surface area contributed by atoms with E-state index in [2.05, 4.69) is 10.3 Å². The van der Waals surface area contributed by atoms with E-state index in [0.29, 0.717) is 10.7 Å². The van der Waals surface area contributed by atoms with Crippen LogP contribution in [0.15, 0.2) is 36.4 Å². The molecule has 0 aliphatic rings. The number of halogens is 4. The average molecular weight is 332 g/mol. The fraction of sp³-hybridized carbons (Fsp3) is 0.0769. The summed E-state index contributed by atoms with van der Waals surface area (Å²) in [5.74, 6) is -0.0922. The second-order valence-electron chi connectivity index (χ2n) is 4.06. The van der Waals surface area contributed by atoms with Crippen LogP contribution in [0.1, 0.15) is 11.3 Å². The van der Waals surface area contributed by atoms with Gasteiger partial charge >= 0.3 is 6.18 Å². The third kappa shape index (κ3) is 3.62. The highest BCUT2D eigenvalue weighted by Gasteiger charge is 2.33. The summed E-state index contributed by atoms with van der Waals surface area (Å²) in [6, 6.07) is 8.58. The van der Waals surface area contributed by atoms with Crippen molar-refractivity contribution in [3.8, 4) is 0 Å². The number of rotatable bonds is 3. The van der Waals surface area contributed by atoms with Crippen LogP contribution in [-0.4, -0.2) is 9.97 Å². The zero-order valence-corrected chi connectivity index (χ0v) is 12.0. The summed E-state index contributed by atoms with van der Waals surface area (Å²) in [5.41, 5.74) is 5.07. The molecule has 0 bridgehead atoms. The van der Waals surface area contributed by atoms with Gasteiger partial charge in [0.25, 0.3) is 0 Å². The Morgan fingerprint density at radius 1 is 1.19 bits per heavy atom. The Morgan fingerprint density at radius 2 is 1.86 bits per heavy atom. The van der Waals surface area contributed by atoms with Crippen LogP contribution < -0.4 is 11.1 Å². The molecule has 0 atom stereocenters. The number of thiocarbonyl (C=S) groups is 1. The van der Waals surface area contributed by atoms with E-state index in [-0.39, 0.29) is 16.4 Å². The molecule has 8 heteroatoms. The Hall–Kier alpha value is -1.86. The van der Waals surface area contributed by atoms with Crippen LogP contribution in [-0.2, 0) is 6.18 Å². The molecule has 0 radical (unpaired) electrons. The molecular formula is C13H9ClF3N3S. The lowest BCUT2D eigenvalue weighted by atomic mass is 10.2. The number of hydrogen-bond acceptors (Lipinski definition) is 3. The quantitative estimate of drug-likeness (QED) is 0.830. The fourth-order valence-corrected chi connectivity index (χ4v) is 1.95. The van der Waals surface area contributed by atoms with Crippen molar-refractivity contribution in [2.45, 2.75) is 6.18 Å². The number of nitrogens with zero attached hydrogens (tertiary/aromatic N) is 1. The van der Waals surface area contributed by atoms with Crippen molar-refractivity contribution >= 4 is 40.3 Å². The summed E-state index contributed by atoms with van der Waals surface area (Å²) in [6.45, 7) is 0. The number of pyridine rings is 1. The lowest BCUT2D eigenvalue weighted by molar-refractivity contribution is -0.141. The highest BCUT2D eigenvalue weighted by atomic mass is 35.5. The number of nitrogens with two attached hydrogens (primary N) is 1. The van der Waals surface area contributed by atoms with Gasteiger partial charge in [-0.05, 0) is 24.3 Å². The van der Waals surface area contributed by atoms with Gasteiger partial charge in [-0.25, -0.2) is 4.98 Å². The van der Waals surface area contributed by atoms with E-state index in [1.165, 1.54) is 6.07 Å². The zero-order valence-electron chi connectivity index (χ0n) is 10.4. The summed E-state index contributed by atoms with van der Waals surface area (Å²) >= 11 is 10.8. The predicted molar refractivity (Wildman–Crippen MR) is 79.9 cm³/mol. The molecule has 110 valence electrons. The Balaban J connectivity index is 2.49. The summed E-state index contributed by atoms with van der Waals surface area (Å²) < 4.78 is 38.2. The van der Waals surface area contributed by atoms with E-state index in [1.54, 1.807) is 24.3 Å². The van der Waals surface area contributed by atoms with E-state index in [1.807, 2.05) is 0 Å². The summed E-state index contributed by atoms with van der Waals surface area (Å²) in [7, 11) is 0. The highest BCUT2D eigenvalue weighted by Crippen LogP contribution is 2.31. The van der Waals surface area contributed by atoms with Crippen LogP contribution in [0, 0.1) is 0 Å². The predicted octanol–water partition coefficient (Wildman–Crippen LogP) is 4.13. The first-order chi connectivity index (χ1) is 9.79. The summed E-state index contributed by atoms with van der Waals surface area (Å²) in [4.78, 5) is 3.48. The highest BCUT2D eigenvalue weighted by molar-refractivity contribution is 7.80. The van der Waals surface area contributed by atoms with Crippen molar-refractivity contribution in [1.29, 1.82) is 0 Å². The van der Waals surface area contributed by atoms with Crippen LogP contribution in [0.5, 0.6) is 0 Å². The molecule has 0 fully saturated rings. The van der Waals surface area contributed by atoms with E-state index in [0.717, 1.165) is 6.07 Å². The van der Waals surface area contributed by atoms with Gasteiger partial charge in [0.15, 0.2) is 0 Å². The SMILES string of the molecule is NC(=S)c1ccc(C(F)(F)F)nc1Nc1ccccc1Cl. The van der Waals surface area contributed by atoms with Crippen molar-refractivity contribution < 1.29 is 13.2 Å². The smallest absolute Gasteiger partial charge is 0.389 e. The van der Waals surface area contributed by atoms with Gasteiger partial charge in [0, 0.05) is 0 Å². The Bertz CT molecular complexity index is 689. The van der Waals surface area contributed by atoms with Crippen LogP contribution in [0.25, 0.3) is 0 Å². The largest absolute Gasteiger partial charge is 0.433 e. The van der Waals surface area contributed by atoms with Gasteiger partial charge in [0.2, 0.25) is 0 Å². The normalized spacial score (nSPS) is 11.2. The molecule has 1 aromatic carbocycles. The topological polar surface area (TPSA) is 50.9 Å². The third-order valence-corrected chi connectivity index (χ3v) is 3.13. The standard InChI is InChI=1S/C13H9ClF3N3S/c14-8-3-1-2-4-9(8)19-12-7(11(18)21)5-6-10(20-12)13(15,16)17/h1-6H,(H2,18,21)(H,19,20). The van der Waals surface area contributed by atoms with Gasteiger partial charge in [0.1, 0.15) is 16.5 Å². The first-order valence-electron chi connectivity index (χ1n) is 5.68. The van der Waals surface area contributed by atoms with Crippen LogP contribution in [0.3, 0.4) is 0 Å². The van der Waals surface area contributed by atoms with Crippen molar-refractivity contribution in [1.82, 2.24) is 4.98 Å². The molecule has 2 rings (SSSR count). The maximum Gasteiger partial charge on any atom is 0.433 e. The molecule has 3 N–H and O–H groups in total. The Labute approximate surface area is 128 Å². The second kappa shape index (κ2) is 5.87. The number of hydrogen-bond donors (Lipinski definition) is 2. The zero-order chi connectivity index (χ0) is 15.6. The minimum Gasteiger partial charge on any atom is -0.389 e. The fourth-order valence-electron chi connectivity index (χ4n) is 1.60. The summed E-state index contributed by atoms with van der Waals surface area (Å²) in [5, 5.41) is 3.06. The molecular weight excluding hydrogens is 323 g/mol. The van der Waals surface area contributed by atoms with E-state index in [9.17, 15) is 13.2 Å². The van der Waals surface area contributed by atoms with Gasteiger partial charge in [0.05, 0.1) is 16.3 Å². The molecule has 1 heterocycles. The maximum absolute atomic E-state index is 12.7. The minimum atomic E-state index is -4.56. The number of aromatic nitrogens is 1. The molecule has 0 aliphatic carbocycles. The maximum atomic E-state index is 12.7. The number of alkyl halides is 3. The van der Waals surface area contributed by atoms with Crippen molar-refractivity contribution in [3.05, 3.63) is 52.7 Å². The molecule has 0 aliphatic heterocycles. The molecule has 3 nitrogen and oxygen atoms in total. The lowest BCUT2D eigenvalue weighted by Crippen LogP contribution is -2.16. The number of anilines is 2. The first kappa shape index (κ1) is 15.5. The second-order valence-corrected chi connectivity index (χ2v) is 4.91. The van der Waals surface area contributed by atoms with Crippen LogP contribution in [0.2, 0.25) is 5.02 Å². The van der Waals surface area contributed by atoms with Crippen molar-refractivity contribution in [2.24, 2.45) is 5.73 Å². The number of nitrogens with one attached hydrogen (secondary N) is 1. The van der Waals surface area contributed by atoms with Crippen LogP contribution in [0.4, 0.5) is 24.7 Å². The van der Waals surface area contributed by atoms with Gasteiger partial charge < -0.3 is 11.1 Å². The number of para-hydroxylation sites is 1. The van der Waals surface area contributed by atoms with Crippen molar-refractivity contribution in [2.75, 3.05) is 5.32 Å². The van der Waals surface area contributed by atoms with Gasteiger partial charge in [-0.2, -0.15) is 13.2 Å². The monoisotopic (exact) mass is 331 g/mol. The van der Waals surface area contributed by atoms with Gasteiger partial charge in [-0.3, -0.25) is 0 Å². The Kier molecular flexibility index (Phi) is 4.34. The van der Waals surface area contributed by atoms with E-state index in [4.69, 9.17) is 29.6 Å². The average Bonchev–Trinajstić information content (AvgIpc) is 2.40. The Morgan fingerprint density at radius 3 is 2.43 bits per heavy atom. The summed E-state index contributed by atoms with van der Waals surface area (Å²) in [6.07, 6.45) is -4.56. The molecule has 0 saturated heterocycles. The molecule has 0 unspecified atom stereocenters. The molecule has 1 aromatic heterocycles. The van der Waals surface area contributed by atoms with Crippen molar-refractivity contribution in [3.63, 3.8) is 0 Å². The van der Waals surface area contributed by atoms with Gasteiger partial charge in [-0.1, -0.05) is 36.0 Å². The molecule has 2 aromatic rings. The number of benzene rings is 1. The van der Waals surface area contributed by atoms with Crippen LogP contribution >= 0.6 is 23.8 Å². The van der Waals surface area contributed by atoms with E-state index >= 15 is 0 Å². The molecule has 0 spiro atoms. The van der Waals surface area contributed by atoms with E-state index < -0.39 is 11.9 Å². The van der Waals surface area contributed by atoms with Gasteiger partial charge in [-0.15, -0.1) is 0 Å². The first-order valence-corrected chi connectivity index (χ1v) is 6.47. The lowest BCUT2D eigenvalue weighted by Gasteiger charge is -2.14.